The van der Waals surface area contributed by atoms with Gasteiger partial charge in [0.2, 0.25) is 5.95 Å². The molecule has 2 aromatic rings. The first-order chi connectivity index (χ1) is 11.2. The molecule has 2 heterocycles. The lowest BCUT2D eigenvalue weighted by Crippen LogP contribution is -2.35. The van der Waals surface area contributed by atoms with E-state index in [0.29, 0.717) is 29.2 Å². The summed E-state index contributed by atoms with van der Waals surface area (Å²) in [6.07, 6.45) is 4.07. The van der Waals surface area contributed by atoms with Crippen LogP contribution in [0.1, 0.15) is 18.4 Å². The van der Waals surface area contributed by atoms with Crippen LogP contribution in [0.15, 0.2) is 30.6 Å². The highest BCUT2D eigenvalue weighted by atomic mass is 35.5. The Balaban J connectivity index is 1.50. The van der Waals surface area contributed by atoms with Gasteiger partial charge in [0, 0.05) is 18.2 Å². The summed E-state index contributed by atoms with van der Waals surface area (Å²) in [6.45, 7) is 2.09. The summed E-state index contributed by atoms with van der Waals surface area (Å²) < 4.78 is 7.25. The molecular weight excluding hydrogens is 334 g/mol. The van der Waals surface area contributed by atoms with Crippen molar-refractivity contribution in [3.8, 4) is 0 Å². The van der Waals surface area contributed by atoms with Gasteiger partial charge in [-0.1, -0.05) is 29.8 Å². The highest BCUT2D eigenvalue weighted by Crippen LogP contribution is 2.16. The van der Waals surface area contributed by atoms with Gasteiger partial charge in [0.25, 0.3) is 0 Å². The average Bonchev–Trinajstić information content (AvgIpc) is 3.19. The second kappa shape index (κ2) is 7.72. The molecule has 0 bridgehead atoms. The molecule has 0 saturated carbocycles. The zero-order valence-corrected chi connectivity index (χ0v) is 14.1. The Kier molecular flexibility index (Phi) is 5.43. The smallest absolute Gasteiger partial charge is 0.248 e. The van der Waals surface area contributed by atoms with Crippen LogP contribution >= 0.6 is 23.8 Å². The molecule has 1 aromatic heterocycles. The molecule has 1 unspecified atom stereocenters. The van der Waals surface area contributed by atoms with E-state index in [9.17, 15) is 0 Å². The van der Waals surface area contributed by atoms with Crippen molar-refractivity contribution in [2.24, 2.45) is 0 Å². The highest BCUT2D eigenvalue weighted by Gasteiger charge is 2.15. The van der Waals surface area contributed by atoms with E-state index in [1.807, 2.05) is 24.3 Å². The van der Waals surface area contributed by atoms with Crippen molar-refractivity contribution in [2.75, 3.05) is 18.5 Å². The lowest BCUT2D eigenvalue weighted by Gasteiger charge is -2.12. The van der Waals surface area contributed by atoms with Gasteiger partial charge < -0.3 is 10.1 Å². The van der Waals surface area contributed by atoms with E-state index < -0.39 is 0 Å². The maximum absolute atomic E-state index is 6.15. The van der Waals surface area contributed by atoms with Gasteiger partial charge in [0.15, 0.2) is 5.11 Å². The van der Waals surface area contributed by atoms with Crippen LogP contribution in [0.25, 0.3) is 0 Å². The minimum Gasteiger partial charge on any atom is -0.376 e. The summed E-state index contributed by atoms with van der Waals surface area (Å²) in [5.74, 6) is 0.460. The molecule has 2 N–H and O–H groups in total. The number of anilines is 1. The van der Waals surface area contributed by atoms with Crippen LogP contribution < -0.4 is 10.6 Å². The van der Waals surface area contributed by atoms with Crippen LogP contribution in [0.5, 0.6) is 0 Å². The molecule has 8 heteroatoms. The molecular formula is C15H18ClN5OS. The number of aromatic nitrogens is 3. The minimum atomic E-state index is 0.237. The molecule has 6 nitrogen and oxygen atoms in total. The molecule has 1 aromatic carbocycles. The van der Waals surface area contributed by atoms with E-state index in [-0.39, 0.29) is 6.10 Å². The third kappa shape index (κ3) is 4.63. The maximum Gasteiger partial charge on any atom is 0.248 e. The van der Waals surface area contributed by atoms with Crippen molar-refractivity contribution >= 4 is 34.9 Å². The fourth-order valence-corrected chi connectivity index (χ4v) is 2.76. The Morgan fingerprint density at radius 3 is 3.09 bits per heavy atom. The Morgan fingerprint density at radius 2 is 2.30 bits per heavy atom. The average molecular weight is 352 g/mol. The van der Waals surface area contributed by atoms with Crippen molar-refractivity contribution in [3.63, 3.8) is 0 Å². The number of thiocarbonyl (C=S) groups is 1. The van der Waals surface area contributed by atoms with Crippen molar-refractivity contribution < 1.29 is 4.74 Å². The van der Waals surface area contributed by atoms with Gasteiger partial charge in [0.1, 0.15) is 6.33 Å². The Morgan fingerprint density at radius 1 is 1.43 bits per heavy atom. The lowest BCUT2D eigenvalue weighted by molar-refractivity contribution is 0.114. The lowest BCUT2D eigenvalue weighted by atomic mass is 10.2. The van der Waals surface area contributed by atoms with E-state index >= 15 is 0 Å². The standard InChI is InChI=1S/C15H18ClN5OS/c16-13-6-2-1-4-11(13)9-21-10-18-14(20-21)19-15(23)17-8-12-5-3-7-22-12/h1-2,4,6,10,12H,3,5,7-9H2,(H2,17,19,20,23). The largest absolute Gasteiger partial charge is 0.376 e. The third-order valence-corrected chi connectivity index (χ3v) is 4.18. The number of ether oxygens (including phenoxy) is 1. The molecule has 1 fully saturated rings. The number of benzene rings is 1. The molecule has 0 radical (unpaired) electrons. The molecule has 1 saturated heterocycles. The summed E-state index contributed by atoms with van der Waals surface area (Å²) in [4.78, 5) is 4.20. The number of nitrogens with one attached hydrogen (secondary N) is 2. The van der Waals surface area contributed by atoms with Crippen molar-refractivity contribution in [2.45, 2.75) is 25.5 Å². The van der Waals surface area contributed by atoms with E-state index in [1.54, 1.807) is 11.0 Å². The maximum atomic E-state index is 6.15. The number of hydrogen-bond donors (Lipinski definition) is 2. The molecule has 0 spiro atoms. The van der Waals surface area contributed by atoms with Gasteiger partial charge in [-0.15, -0.1) is 5.10 Å². The monoisotopic (exact) mass is 351 g/mol. The van der Waals surface area contributed by atoms with Crippen LogP contribution in [-0.4, -0.2) is 39.1 Å². The molecule has 3 rings (SSSR count). The zero-order valence-electron chi connectivity index (χ0n) is 12.5. The van der Waals surface area contributed by atoms with Gasteiger partial charge in [-0.3, -0.25) is 5.32 Å². The molecule has 1 aliphatic heterocycles. The number of hydrogen-bond acceptors (Lipinski definition) is 4. The van der Waals surface area contributed by atoms with Gasteiger partial charge in [-0.05, 0) is 36.7 Å². The van der Waals surface area contributed by atoms with Crippen LogP contribution in [0.3, 0.4) is 0 Å². The van der Waals surface area contributed by atoms with E-state index in [2.05, 4.69) is 20.7 Å². The molecule has 23 heavy (non-hydrogen) atoms. The first kappa shape index (κ1) is 16.2. The third-order valence-electron chi connectivity index (χ3n) is 3.57. The van der Waals surface area contributed by atoms with Gasteiger partial charge in [0.05, 0.1) is 12.6 Å². The quantitative estimate of drug-likeness (QED) is 0.807. The van der Waals surface area contributed by atoms with Gasteiger partial charge in [-0.2, -0.15) is 0 Å². The molecule has 122 valence electrons. The second-order valence-electron chi connectivity index (χ2n) is 5.33. The topological polar surface area (TPSA) is 64.0 Å². The minimum absolute atomic E-state index is 0.237. The summed E-state index contributed by atoms with van der Waals surface area (Å²) in [5, 5.41) is 11.7. The predicted molar refractivity (Wildman–Crippen MR) is 93.8 cm³/mol. The van der Waals surface area contributed by atoms with E-state index in [1.165, 1.54) is 0 Å². The fraction of sp³-hybridized carbons (Fsp3) is 0.400. The Hall–Kier alpha value is -1.70. The summed E-state index contributed by atoms with van der Waals surface area (Å²) in [7, 11) is 0. The second-order valence-corrected chi connectivity index (χ2v) is 6.14. The normalized spacial score (nSPS) is 17.2. The number of nitrogens with zero attached hydrogens (tertiary/aromatic N) is 3. The van der Waals surface area contributed by atoms with Crippen molar-refractivity contribution in [3.05, 3.63) is 41.2 Å². The first-order valence-electron chi connectivity index (χ1n) is 7.50. The number of rotatable bonds is 5. The van der Waals surface area contributed by atoms with Crippen LogP contribution in [-0.2, 0) is 11.3 Å². The predicted octanol–water partition coefficient (Wildman–Crippen LogP) is 2.45. The van der Waals surface area contributed by atoms with Crippen molar-refractivity contribution in [1.82, 2.24) is 20.1 Å². The molecule has 1 atom stereocenters. The fourth-order valence-electron chi connectivity index (χ4n) is 2.39. The van der Waals surface area contributed by atoms with E-state index in [4.69, 9.17) is 28.6 Å². The Bertz CT molecular complexity index is 671. The van der Waals surface area contributed by atoms with Crippen LogP contribution in [0, 0.1) is 0 Å². The van der Waals surface area contributed by atoms with Crippen molar-refractivity contribution in [1.29, 1.82) is 0 Å². The highest BCUT2D eigenvalue weighted by molar-refractivity contribution is 7.80. The SMILES string of the molecule is S=C(NCC1CCCO1)Nc1ncn(Cc2ccccc2Cl)n1. The molecule has 1 aliphatic rings. The Labute approximate surface area is 145 Å². The van der Waals surface area contributed by atoms with Gasteiger partial charge >= 0.3 is 0 Å². The van der Waals surface area contributed by atoms with Crippen LogP contribution in [0.2, 0.25) is 5.02 Å². The summed E-state index contributed by atoms with van der Waals surface area (Å²) in [6, 6.07) is 7.67. The zero-order chi connectivity index (χ0) is 16.1. The molecule has 0 aliphatic carbocycles. The number of halogens is 1. The van der Waals surface area contributed by atoms with Gasteiger partial charge in [-0.25, -0.2) is 9.67 Å². The first-order valence-corrected chi connectivity index (χ1v) is 8.28. The summed E-state index contributed by atoms with van der Waals surface area (Å²) >= 11 is 11.4. The van der Waals surface area contributed by atoms with Crippen LogP contribution in [0.4, 0.5) is 5.95 Å². The molecule has 0 amide bonds. The summed E-state index contributed by atoms with van der Waals surface area (Å²) in [5.41, 5.74) is 0.990. The van der Waals surface area contributed by atoms with E-state index in [0.717, 1.165) is 25.0 Å².